The van der Waals surface area contributed by atoms with Gasteiger partial charge in [-0.05, 0) is 57.0 Å². The van der Waals surface area contributed by atoms with Crippen LogP contribution in [0.1, 0.15) is 49.1 Å². The molecule has 1 heterocycles. The van der Waals surface area contributed by atoms with E-state index in [4.69, 9.17) is 9.47 Å². The SMILES string of the molecule is COc1ccc([N+](=O)[O-])c([C@]2(C(=O)O[C@H]3CCCC[C@@H]3c3ccccc3)CCN(C)C2)c1. The molecule has 2 aromatic rings. The molecule has 1 aliphatic carbocycles. The number of carbonyl (C=O) groups is 1. The Balaban J connectivity index is 1.70. The number of methoxy groups -OCH3 is 1. The zero-order valence-electron chi connectivity index (χ0n) is 18.7. The Kier molecular flexibility index (Phi) is 6.46. The van der Waals surface area contributed by atoms with E-state index < -0.39 is 10.3 Å². The van der Waals surface area contributed by atoms with Crippen LogP contribution in [0.2, 0.25) is 0 Å². The van der Waals surface area contributed by atoms with Gasteiger partial charge in [-0.25, -0.2) is 0 Å². The maximum atomic E-state index is 13.8. The number of benzene rings is 2. The van der Waals surface area contributed by atoms with Gasteiger partial charge in [0.15, 0.2) is 0 Å². The van der Waals surface area contributed by atoms with Crippen LogP contribution in [0, 0.1) is 10.1 Å². The number of carbonyl (C=O) groups excluding carboxylic acids is 1. The van der Waals surface area contributed by atoms with E-state index in [1.165, 1.54) is 18.7 Å². The number of hydrogen-bond acceptors (Lipinski definition) is 6. The van der Waals surface area contributed by atoms with Crippen molar-refractivity contribution in [2.24, 2.45) is 0 Å². The van der Waals surface area contributed by atoms with Crippen LogP contribution in [0.15, 0.2) is 48.5 Å². The van der Waals surface area contributed by atoms with Gasteiger partial charge in [0.25, 0.3) is 5.69 Å². The predicted octanol–water partition coefficient (Wildman–Crippen LogP) is 4.45. The van der Waals surface area contributed by atoms with E-state index >= 15 is 0 Å². The maximum absolute atomic E-state index is 13.8. The number of likely N-dealkylation sites (N-methyl/N-ethyl adjacent to an activating group) is 1. The van der Waals surface area contributed by atoms with E-state index in [-0.39, 0.29) is 23.7 Å². The normalized spacial score (nSPS) is 25.9. The second-order valence-corrected chi connectivity index (χ2v) is 8.96. The number of nitrogens with zero attached hydrogens (tertiary/aromatic N) is 2. The molecule has 1 saturated carbocycles. The standard InChI is InChI=1S/C25H30N2O5/c1-26-15-14-25(17-26,21-16-19(31-2)12-13-22(21)27(29)30)24(28)32-23-11-7-6-10-20(23)18-8-4-3-5-9-18/h3-5,8-9,12-13,16,20,23H,6-7,10-11,14-15,17H2,1-2H3/t20-,23+,25+/m1/s1. The number of esters is 1. The van der Waals surface area contributed by atoms with Crippen molar-refractivity contribution < 1.29 is 19.2 Å². The Labute approximate surface area is 188 Å². The third-order valence-electron chi connectivity index (χ3n) is 6.96. The Hall–Kier alpha value is -2.93. The first-order valence-corrected chi connectivity index (χ1v) is 11.2. The first-order valence-electron chi connectivity index (χ1n) is 11.2. The van der Waals surface area contributed by atoms with Gasteiger partial charge < -0.3 is 14.4 Å². The van der Waals surface area contributed by atoms with E-state index in [9.17, 15) is 14.9 Å². The van der Waals surface area contributed by atoms with Crippen molar-refractivity contribution in [2.45, 2.75) is 49.5 Å². The largest absolute Gasteiger partial charge is 0.497 e. The van der Waals surface area contributed by atoms with Crippen molar-refractivity contribution in [1.29, 1.82) is 0 Å². The topological polar surface area (TPSA) is 81.9 Å². The average molecular weight is 439 g/mol. The summed E-state index contributed by atoms with van der Waals surface area (Å²) in [4.78, 5) is 27.3. The number of rotatable bonds is 6. The zero-order chi connectivity index (χ0) is 22.7. The summed E-state index contributed by atoms with van der Waals surface area (Å²) in [5.74, 6) is 0.267. The molecule has 0 unspecified atom stereocenters. The summed E-state index contributed by atoms with van der Waals surface area (Å²) >= 11 is 0. The Morgan fingerprint density at radius 1 is 1.16 bits per heavy atom. The molecule has 2 fully saturated rings. The van der Waals surface area contributed by atoms with Crippen LogP contribution in [-0.4, -0.2) is 49.1 Å². The number of likely N-dealkylation sites (tertiary alicyclic amines) is 1. The molecule has 7 heteroatoms. The number of ether oxygens (including phenoxy) is 2. The molecule has 1 saturated heterocycles. The summed E-state index contributed by atoms with van der Waals surface area (Å²) in [6, 6.07) is 14.8. The summed E-state index contributed by atoms with van der Waals surface area (Å²) in [5, 5.41) is 11.9. The van der Waals surface area contributed by atoms with Gasteiger partial charge in [-0.2, -0.15) is 0 Å². The number of nitro groups is 1. The fourth-order valence-electron chi connectivity index (χ4n) is 5.25. The highest BCUT2D eigenvalue weighted by Crippen LogP contribution is 2.43. The minimum absolute atomic E-state index is 0.0682. The molecule has 32 heavy (non-hydrogen) atoms. The summed E-state index contributed by atoms with van der Waals surface area (Å²) in [6.07, 6.45) is 4.12. The van der Waals surface area contributed by atoms with Gasteiger partial charge in [-0.3, -0.25) is 14.9 Å². The quantitative estimate of drug-likeness (QED) is 0.377. The third kappa shape index (κ3) is 4.21. The molecule has 0 spiro atoms. The van der Waals surface area contributed by atoms with Gasteiger partial charge in [-0.1, -0.05) is 36.8 Å². The van der Waals surface area contributed by atoms with Crippen molar-refractivity contribution in [1.82, 2.24) is 4.90 Å². The minimum atomic E-state index is -1.09. The molecule has 0 aromatic heterocycles. The van der Waals surface area contributed by atoms with E-state index in [1.807, 2.05) is 30.1 Å². The van der Waals surface area contributed by atoms with Gasteiger partial charge in [0.05, 0.1) is 17.6 Å². The summed E-state index contributed by atoms with van der Waals surface area (Å²) < 4.78 is 11.6. The van der Waals surface area contributed by atoms with Crippen molar-refractivity contribution in [2.75, 3.05) is 27.2 Å². The fourth-order valence-corrected chi connectivity index (χ4v) is 5.25. The van der Waals surface area contributed by atoms with Crippen LogP contribution in [0.25, 0.3) is 0 Å². The number of nitro benzene ring substituents is 1. The molecule has 4 rings (SSSR count). The van der Waals surface area contributed by atoms with Gasteiger partial charge in [0.1, 0.15) is 17.3 Å². The lowest BCUT2D eigenvalue weighted by Crippen LogP contribution is -2.43. The van der Waals surface area contributed by atoms with E-state index in [1.54, 1.807) is 12.1 Å². The molecule has 170 valence electrons. The molecule has 1 aliphatic heterocycles. The molecule has 0 radical (unpaired) electrons. The summed E-state index contributed by atoms with van der Waals surface area (Å²) in [7, 11) is 3.44. The molecule has 0 amide bonds. The Morgan fingerprint density at radius 3 is 2.56 bits per heavy atom. The van der Waals surface area contributed by atoms with Gasteiger partial charge in [0.2, 0.25) is 0 Å². The molecular formula is C25H30N2O5. The predicted molar refractivity (Wildman–Crippen MR) is 121 cm³/mol. The maximum Gasteiger partial charge on any atom is 0.318 e. The van der Waals surface area contributed by atoms with Crippen molar-refractivity contribution in [3.05, 3.63) is 69.8 Å². The first kappa shape index (κ1) is 22.3. The Bertz CT molecular complexity index is 980. The second-order valence-electron chi connectivity index (χ2n) is 8.96. The molecular weight excluding hydrogens is 408 g/mol. The lowest BCUT2D eigenvalue weighted by atomic mass is 9.77. The lowest BCUT2D eigenvalue weighted by Gasteiger charge is -2.35. The van der Waals surface area contributed by atoms with Gasteiger partial charge in [-0.15, -0.1) is 0 Å². The van der Waals surface area contributed by atoms with Crippen molar-refractivity contribution in [3.8, 4) is 5.75 Å². The fraction of sp³-hybridized carbons (Fsp3) is 0.480. The second kappa shape index (κ2) is 9.28. The van der Waals surface area contributed by atoms with Crippen LogP contribution in [0.5, 0.6) is 5.75 Å². The molecule has 0 bridgehead atoms. The highest BCUT2D eigenvalue weighted by Gasteiger charge is 2.51. The number of hydrogen-bond donors (Lipinski definition) is 0. The first-order chi connectivity index (χ1) is 15.4. The van der Waals surface area contributed by atoms with Crippen LogP contribution in [0.4, 0.5) is 5.69 Å². The molecule has 0 N–H and O–H groups in total. The van der Waals surface area contributed by atoms with E-state index in [0.717, 1.165) is 25.7 Å². The minimum Gasteiger partial charge on any atom is -0.497 e. The third-order valence-corrected chi connectivity index (χ3v) is 6.96. The van der Waals surface area contributed by atoms with Crippen molar-refractivity contribution >= 4 is 11.7 Å². The summed E-state index contributed by atoms with van der Waals surface area (Å²) in [6.45, 7) is 1.04. The van der Waals surface area contributed by atoms with Crippen molar-refractivity contribution in [3.63, 3.8) is 0 Å². The lowest BCUT2D eigenvalue weighted by molar-refractivity contribution is -0.386. The molecule has 3 atom stereocenters. The van der Waals surface area contributed by atoms with Crippen LogP contribution in [-0.2, 0) is 14.9 Å². The van der Waals surface area contributed by atoms with Crippen LogP contribution in [0.3, 0.4) is 0 Å². The highest BCUT2D eigenvalue weighted by molar-refractivity contribution is 5.86. The van der Waals surface area contributed by atoms with Crippen LogP contribution < -0.4 is 4.74 Å². The van der Waals surface area contributed by atoms with Crippen LogP contribution >= 0.6 is 0 Å². The van der Waals surface area contributed by atoms with Gasteiger partial charge >= 0.3 is 5.97 Å². The summed E-state index contributed by atoms with van der Waals surface area (Å²) in [5.41, 5.74) is 0.393. The monoisotopic (exact) mass is 438 g/mol. The van der Waals surface area contributed by atoms with Gasteiger partial charge in [0, 0.05) is 18.5 Å². The zero-order valence-corrected chi connectivity index (χ0v) is 18.7. The average Bonchev–Trinajstić information content (AvgIpc) is 3.22. The molecule has 7 nitrogen and oxygen atoms in total. The highest BCUT2D eigenvalue weighted by atomic mass is 16.6. The van der Waals surface area contributed by atoms with E-state index in [2.05, 4.69) is 12.1 Å². The Morgan fingerprint density at radius 2 is 1.91 bits per heavy atom. The molecule has 2 aliphatic rings. The van der Waals surface area contributed by atoms with E-state index in [0.29, 0.717) is 30.8 Å². The smallest absolute Gasteiger partial charge is 0.318 e. The molecule has 2 aromatic carbocycles.